The average Bonchev–Trinajstić information content (AvgIpc) is 1.58. The summed E-state index contributed by atoms with van der Waals surface area (Å²) in [5, 5.41) is 0. The summed E-state index contributed by atoms with van der Waals surface area (Å²) in [6.45, 7) is 3.53. The number of rotatable bonds is 1. The van der Waals surface area contributed by atoms with Crippen LogP contribution in [0.2, 0.25) is 0 Å². The van der Waals surface area contributed by atoms with Crippen LogP contribution in [0.25, 0.3) is 0 Å². The van der Waals surface area contributed by atoms with Crippen LogP contribution in [-0.4, -0.2) is 12.1 Å². The van der Waals surface area contributed by atoms with E-state index < -0.39 is 18.0 Å². The molecule has 0 aliphatic carbocycles. The van der Waals surface area contributed by atoms with Gasteiger partial charge in [0.25, 0.3) is 0 Å². The molecule has 0 heterocycles. The second kappa shape index (κ2) is 3.81. The van der Waals surface area contributed by atoms with Gasteiger partial charge in [-0.15, -0.1) is 0 Å². The summed E-state index contributed by atoms with van der Waals surface area (Å²) in [6.07, 6.45) is -1.48. The third-order valence-corrected chi connectivity index (χ3v) is 0.460. The molecule has 0 bridgehead atoms. The highest BCUT2D eigenvalue weighted by molar-refractivity contribution is 5.88. The van der Waals surface area contributed by atoms with Crippen LogP contribution in [0.3, 0.4) is 0 Å². The molecule has 0 rings (SSSR count). The highest BCUT2D eigenvalue weighted by atomic mass is 19.2. The lowest BCUT2D eigenvalue weighted by Crippen LogP contribution is -1.87. The molecule has 0 aromatic rings. The van der Waals surface area contributed by atoms with Gasteiger partial charge in [0.2, 0.25) is 5.95 Å². The van der Waals surface area contributed by atoms with Crippen molar-refractivity contribution in [2.24, 2.45) is 9.98 Å². The average molecular weight is 150 g/mol. The summed E-state index contributed by atoms with van der Waals surface area (Å²) in [4.78, 5) is 5.03. The first-order valence-electron chi connectivity index (χ1n) is 2.31. The zero-order valence-electron chi connectivity index (χ0n) is 5.24. The molecule has 0 spiro atoms. The van der Waals surface area contributed by atoms with E-state index >= 15 is 0 Å². The Morgan fingerprint density at radius 1 is 1.20 bits per heavy atom. The summed E-state index contributed by atoms with van der Waals surface area (Å²) in [6, 6.07) is 0. The van der Waals surface area contributed by atoms with Crippen molar-refractivity contribution < 1.29 is 13.2 Å². The summed E-state index contributed by atoms with van der Waals surface area (Å²) < 4.78 is 35.2. The fourth-order valence-electron chi connectivity index (χ4n) is 0.252. The zero-order chi connectivity index (χ0) is 8.15. The van der Waals surface area contributed by atoms with Crippen LogP contribution in [0.5, 0.6) is 0 Å². The largest absolute Gasteiger partial charge is 0.313 e. The van der Waals surface area contributed by atoms with Crippen LogP contribution in [0.4, 0.5) is 13.2 Å². The maximum atomic E-state index is 11.9. The minimum absolute atomic E-state index is 0.913. The quantitative estimate of drug-likeness (QED) is 0.311. The normalized spacial score (nSPS) is 13.6. The Hall–Kier alpha value is -1.13. The molecule has 0 unspecified atom stereocenters. The molecule has 56 valence electrons. The number of hydrogen-bond acceptors (Lipinski definition) is 1. The molecular formula is C5H5F3N2. The second-order valence-electron chi connectivity index (χ2n) is 1.37. The molecule has 0 aromatic heterocycles. The lowest BCUT2D eigenvalue weighted by molar-refractivity contribution is 0.623. The highest BCUT2D eigenvalue weighted by Crippen LogP contribution is 1.96. The minimum Gasteiger partial charge on any atom is -0.190 e. The molecule has 0 atom stereocenters. The molecule has 10 heavy (non-hydrogen) atoms. The Kier molecular flexibility index (Phi) is 3.38. The van der Waals surface area contributed by atoms with Crippen molar-refractivity contribution in [2.45, 2.75) is 6.92 Å². The van der Waals surface area contributed by atoms with E-state index in [1.807, 2.05) is 0 Å². The first-order chi connectivity index (χ1) is 4.52. The van der Waals surface area contributed by atoms with Gasteiger partial charge in [-0.1, -0.05) is 0 Å². The third-order valence-electron chi connectivity index (χ3n) is 0.460. The van der Waals surface area contributed by atoms with Gasteiger partial charge < -0.3 is 0 Å². The van der Waals surface area contributed by atoms with Crippen molar-refractivity contribution in [1.29, 1.82) is 0 Å². The topological polar surface area (TPSA) is 24.7 Å². The molecule has 0 amide bonds. The Balaban J connectivity index is 4.22. The van der Waals surface area contributed by atoms with Gasteiger partial charge >= 0.3 is 6.09 Å². The fourth-order valence-corrected chi connectivity index (χ4v) is 0.252. The monoisotopic (exact) mass is 150 g/mol. The number of nitrogens with zero attached hydrogens (tertiary/aromatic N) is 2. The minimum atomic E-state index is -1.48. The van der Waals surface area contributed by atoms with Crippen molar-refractivity contribution in [3.8, 4) is 0 Å². The lowest BCUT2D eigenvalue weighted by atomic mass is 10.8. The van der Waals surface area contributed by atoms with Crippen LogP contribution < -0.4 is 0 Å². The summed E-state index contributed by atoms with van der Waals surface area (Å²) in [5.41, 5.74) is 0. The first kappa shape index (κ1) is 8.87. The number of aliphatic imine (C=N–C) groups is 2. The molecule has 0 radical (unpaired) electrons. The Bertz CT molecular complexity index is 191. The Labute approximate surface area is 55.8 Å². The standard InChI is InChI=1S/C5H5F3N2/c1-3(6)9-5(8)10-4(2)7/h1H2,2H3/b9-5-,10-4+. The van der Waals surface area contributed by atoms with E-state index in [0.29, 0.717) is 0 Å². The van der Waals surface area contributed by atoms with Crippen molar-refractivity contribution in [3.63, 3.8) is 0 Å². The number of amidine groups is 1. The summed E-state index contributed by atoms with van der Waals surface area (Å²) >= 11 is 0. The van der Waals surface area contributed by atoms with Crippen LogP contribution in [-0.2, 0) is 0 Å². The number of halogens is 3. The lowest BCUT2D eigenvalue weighted by Gasteiger charge is -1.83. The van der Waals surface area contributed by atoms with E-state index in [4.69, 9.17) is 0 Å². The fraction of sp³-hybridized carbons (Fsp3) is 0.200. The molecular weight excluding hydrogens is 145 g/mol. The van der Waals surface area contributed by atoms with Crippen molar-refractivity contribution in [1.82, 2.24) is 0 Å². The predicted molar refractivity (Wildman–Crippen MR) is 33.0 cm³/mol. The van der Waals surface area contributed by atoms with Gasteiger partial charge in [0.15, 0.2) is 5.97 Å². The molecule has 0 saturated heterocycles. The molecule has 0 saturated carbocycles. The number of hydrogen-bond donors (Lipinski definition) is 0. The Morgan fingerprint density at radius 3 is 2.00 bits per heavy atom. The van der Waals surface area contributed by atoms with Gasteiger partial charge in [0.1, 0.15) is 0 Å². The maximum absolute atomic E-state index is 11.9. The van der Waals surface area contributed by atoms with E-state index in [9.17, 15) is 13.2 Å². The SMILES string of the molecule is C=C(F)/N=C(F)\N=C(/C)F. The van der Waals surface area contributed by atoms with Gasteiger partial charge in [0, 0.05) is 6.92 Å². The molecule has 5 heteroatoms. The van der Waals surface area contributed by atoms with Gasteiger partial charge in [0.05, 0.1) is 0 Å². The van der Waals surface area contributed by atoms with Gasteiger partial charge in [-0.25, -0.2) is 0 Å². The van der Waals surface area contributed by atoms with E-state index in [0.717, 1.165) is 6.92 Å². The van der Waals surface area contributed by atoms with Gasteiger partial charge in [-0.3, -0.25) is 0 Å². The van der Waals surface area contributed by atoms with E-state index in [2.05, 4.69) is 16.6 Å². The van der Waals surface area contributed by atoms with Crippen LogP contribution in [0.15, 0.2) is 22.5 Å². The van der Waals surface area contributed by atoms with Crippen molar-refractivity contribution in [3.05, 3.63) is 12.5 Å². The zero-order valence-corrected chi connectivity index (χ0v) is 5.24. The summed E-state index contributed by atoms with van der Waals surface area (Å²) in [7, 11) is 0. The van der Waals surface area contributed by atoms with Crippen LogP contribution >= 0.6 is 0 Å². The smallest absolute Gasteiger partial charge is 0.190 e. The maximum Gasteiger partial charge on any atom is 0.313 e. The van der Waals surface area contributed by atoms with Crippen molar-refractivity contribution in [2.75, 3.05) is 0 Å². The van der Waals surface area contributed by atoms with Crippen LogP contribution in [0.1, 0.15) is 6.92 Å². The molecule has 2 nitrogen and oxygen atoms in total. The van der Waals surface area contributed by atoms with E-state index in [1.54, 1.807) is 0 Å². The molecule has 0 aliphatic rings. The highest BCUT2D eigenvalue weighted by Gasteiger charge is 1.94. The predicted octanol–water partition coefficient (Wildman–Crippen LogP) is 2.14. The first-order valence-corrected chi connectivity index (χ1v) is 2.31. The molecule has 0 fully saturated rings. The molecule has 0 aromatic carbocycles. The second-order valence-corrected chi connectivity index (χ2v) is 1.37. The van der Waals surface area contributed by atoms with Crippen LogP contribution in [0, 0.1) is 0 Å². The molecule has 0 N–H and O–H groups in total. The van der Waals surface area contributed by atoms with Gasteiger partial charge in [-0.2, -0.15) is 23.2 Å². The van der Waals surface area contributed by atoms with Crippen molar-refractivity contribution >= 4 is 12.1 Å². The van der Waals surface area contributed by atoms with Gasteiger partial charge in [-0.05, 0) is 6.58 Å². The third kappa shape index (κ3) is 5.02. The van der Waals surface area contributed by atoms with E-state index in [1.165, 1.54) is 0 Å². The van der Waals surface area contributed by atoms with E-state index in [-0.39, 0.29) is 0 Å². The summed E-state index contributed by atoms with van der Waals surface area (Å²) in [5.74, 6) is -2.27. The Morgan fingerprint density at radius 2 is 1.70 bits per heavy atom. The molecule has 0 aliphatic heterocycles.